The van der Waals surface area contributed by atoms with Crippen LogP contribution < -0.4 is 10.1 Å². The van der Waals surface area contributed by atoms with Crippen molar-refractivity contribution in [3.63, 3.8) is 0 Å². The van der Waals surface area contributed by atoms with Gasteiger partial charge in [-0.2, -0.15) is 13.2 Å². The van der Waals surface area contributed by atoms with Crippen LogP contribution >= 0.6 is 0 Å². The van der Waals surface area contributed by atoms with Crippen LogP contribution in [0.5, 0.6) is 5.75 Å². The number of alkyl halides is 3. The normalized spacial score (nSPS) is 11.1. The fourth-order valence-corrected chi connectivity index (χ4v) is 1.68. The number of hydrogen-bond acceptors (Lipinski definition) is 3. The fourth-order valence-electron chi connectivity index (χ4n) is 1.68. The Balaban J connectivity index is 2.24. The molecule has 2 aromatic rings. The lowest BCUT2D eigenvalue weighted by molar-refractivity contribution is -0.137. The number of benzene rings is 1. The topological polar surface area (TPSA) is 51.2 Å². The molecule has 1 N–H and O–H groups in total. The van der Waals surface area contributed by atoms with Crippen molar-refractivity contribution in [3.8, 4) is 5.75 Å². The van der Waals surface area contributed by atoms with Crippen LogP contribution in [0.2, 0.25) is 0 Å². The van der Waals surface area contributed by atoms with Gasteiger partial charge in [-0.1, -0.05) is 0 Å². The SMILES string of the molecule is COc1cc(F)cc(C(=O)Nc2cc(C(F)(F)F)ccn2)c1. The monoisotopic (exact) mass is 314 g/mol. The van der Waals surface area contributed by atoms with Gasteiger partial charge in [-0.3, -0.25) is 4.79 Å². The highest BCUT2D eigenvalue weighted by atomic mass is 19.4. The van der Waals surface area contributed by atoms with Crippen LogP contribution in [0.4, 0.5) is 23.4 Å². The summed E-state index contributed by atoms with van der Waals surface area (Å²) in [6, 6.07) is 4.73. The lowest BCUT2D eigenvalue weighted by Gasteiger charge is -2.09. The molecule has 0 aliphatic carbocycles. The van der Waals surface area contributed by atoms with E-state index in [1.807, 2.05) is 0 Å². The summed E-state index contributed by atoms with van der Waals surface area (Å²) < 4.78 is 55.8. The van der Waals surface area contributed by atoms with Crippen LogP contribution in [0.3, 0.4) is 0 Å². The molecule has 1 aromatic carbocycles. The summed E-state index contributed by atoms with van der Waals surface area (Å²) in [4.78, 5) is 15.6. The zero-order chi connectivity index (χ0) is 16.3. The molecular formula is C14H10F4N2O2. The van der Waals surface area contributed by atoms with E-state index in [-0.39, 0.29) is 17.1 Å². The molecule has 0 atom stereocenters. The van der Waals surface area contributed by atoms with E-state index < -0.39 is 23.5 Å². The van der Waals surface area contributed by atoms with E-state index in [2.05, 4.69) is 10.3 Å². The molecule has 0 unspecified atom stereocenters. The first-order valence-electron chi connectivity index (χ1n) is 5.99. The molecule has 0 bridgehead atoms. The van der Waals surface area contributed by atoms with Gasteiger partial charge in [0.2, 0.25) is 0 Å². The van der Waals surface area contributed by atoms with Crippen LogP contribution in [0.25, 0.3) is 0 Å². The van der Waals surface area contributed by atoms with Gasteiger partial charge in [0.1, 0.15) is 17.4 Å². The van der Waals surface area contributed by atoms with Gasteiger partial charge in [0.15, 0.2) is 0 Å². The molecule has 0 saturated heterocycles. The maximum atomic E-state index is 13.3. The number of anilines is 1. The molecule has 22 heavy (non-hydrogen) atoms. The zero-order valence-corrected chi connectivity index (χ0v) is 11.2. The maximum absolute atomic E-state index is 13.3. The molecule has 0 aliphatic heterocycles. The van der Waals surface area contributed by atoms with E-state index in [9.17, 15) is 22.4 Å². The third-order valence-corrected chi connectivity index (χ3v) is 2.70. The number of hydrogen-bond donors (Lipinski definition) is 1. The highest BCUT2D eigenvalue weighted by Gasteiger charge is 2.30. The van der Waals surface area contributed by atoms with Gasteiger partial charge in [0, 0.05) is 17.8 Å². The van der Waals surface area contributed by atoms with E-state index in [0.29, 0.717) is 6.07 Å². The van der Waals surface area contributed by atoms with Crippen LogP contribution in [0.1, 0.15) is 15.9 Å². The number of methoxy groups -OCH3 is 1. The summed E-state index contributed by atoms with van der Waals surface area (Å²) in [7, 11) is 1.30. The highest BCUT2D eigenvalue weighted by molar-refractivity contribution is 6.04. The first-order chi connectivity index (χ1) is 10.3. The minimum absolute atomic E-state index is 0.101. The maximum Gasteiger partial charge on any atom is 0.416 e. The number of ether oxygens (including phenoxy) is 1. The van der Waals surface area contributed by atoms with Crippen LogP contribution in [-0.2, 0) is 6.18 Å². The summed E-state index contributed by atoms with van der Waals surface area (Å²) in [5.41, 5.74) is -1.05. The number of amides is 1. The zero-order valence-electron chi connectivity index (χ0n) is 11.2. The van der Waals surface area contributed by atoms with Crippen molar-refractivity contribution in [3.05, 3.63) is 53.5 Å². The Labute approximate surface area is 122 Å². The van der Waals surface area contributed by atoms with Crippen molar-refractivity contribution < 1.29 is 27.1 Å². The van der Waals surface area contributed by atoms with Crippen molar-refractivity contribution in [2.75, 3.05) is 12.4 Å². The molecule has 2 rings (SSSR count). The summed E-state index contributed by atoms with van der Waals surface area (Å²) >= 11 is 0. The fraction of sp³-hybridized carbons (Fsp3) is 0.143. The van der Waals surface area contributed by atoms with E-state index >= 15 is 0 Å². The molecule has 0 fully saturated rings. The van der Waals surface area contributed by atoms with Crippen molar-refractivity contribution >= 4 is 11.7 Å². The number of nitrogens with one attached hydrogen (secondary N) is 1. The van der Waals surface area contributed by atoms with E-state index in [1.165, 1.54) is 13.2 Å². The summed E-state index contributed by atoms with van der Waals surface area (Å²) in [6.45, 7) is 0. The number of pyridine rings is 1. The minimum Gasteiger partial charge on any atom is -0.497 e. The quantitative estimate of drug-likeness (QED) is 0.882. The second-order valence-electron chi connectivity index (χ2n) is 4.26. The van der Waals surface area contributed by atoms with Crippen LogP contribution in [-0.4, -0.2) is 18.0 Å². The number of nitrogens with zero attached hydrogens (tertiary/aromatic N) is 1. The molecule has 116 valence electrons. The molecule has 0 aliphatic rings. The molecule has 1 amide bonds. The lowest BCUT2D eigenvalue weighted by atomic mass is 10.2. The van der Waals surface area contributed by atoms with Gasteiger partial charge >= 0.3 is 6.18 Å². The second-order valence-corrected chi connectivity index (χ2v) is 4.26. The smallest absolute Gasteiger partial charge is 0.416 e. The van der Waals surface area contributed by atoms with Crippen molar-refractivity contribution in [1.29, 1.82) is 0 Å². The first-order valence-corrected chi connectivity index (χ1v) is 5.99. The Kier molecular flexibility index (Phi) is 4.30. The third-order valence-electron chi connectivity index (χ3n) is 2.70. The first kappa shape index (κ1) is 15.7. The number of aromatic nitrogens is 1. The van der Waals surface area contributed by atoms with Gasteiger partial charge in [-0.05, 0) is 24.3 Å². The summed E-state index contributed by atoms with van der Waals surface area (Å²) in [6.07, 6.45) is -3.63. The molecule has 0 saturated carbocycles. The highest BCUT2D eigenvalue weighted by Crippen LogP contribution is 2.30. The largest absolute Gasteiger partial charge is 0.497 e. The van der Waals surface area contributed by atoms with Gasteiger partial charge < -0.3 is 10.1 Å². The Morgan fingerprint density at radius 2 is 1.95 bits per heavy atom. The van der Waals surface area contributed by atoms with Crippen LogP contribution in [0, 0.1) is 5.82 Å². The van der Waals surface area contributed by atoms with Crippen molar-refractivity contribution in [2.24, 2.45) is 0 Å². The van der Waals surface area contributed by atoms with E-state index in [4.69, 9.17) is 4.74 Å². The summed E-state index contributed by atoms with van der Waals surface area (Å²) in [5, 5.41) is 2.18. The second kappa shape index (κ2) is 6.00. The molecule has 1 heterocycles. The van der Waals surface area contributed by atoms with Gasteiger partial charge in [0.05, 0.1) is 12.7 Å². The van der Waals surface area contributed by atoms with Gasteiger partial charge in [-0.25, -0.2) is 9.37 Å². The van der Waals surface area contributed by atoms with E-state index in [0.717, 1.165) is 24.4 Å². The van der Waals surface area contributed by atoms with Crippen molar-refractivity contribution in [1.82, 2.24) is 4.98 Å². The predicted molar refractivity (Wildman–Crippen MR) is 70.1 cm³/mol. The standard InChI is InChI=1S/C14H10F4N2O2/c1-22-11-5-8(4-10(15)7-11)13(21)20-12-6-9(2-3-19-12)14(16,17)18/h2-7H,1H3,(H,19,20,21). The van der Waals surface area contributed by atoms with Gasteiger partial charge in [0.25, 0.3) is 5.91 Å². The van der Waals surface area contributed by atoms with Crippen molar-refractivity contribution in [2.45, 2.75) is 6.18 Å². The van der Waals surface area contributed by atoms with Gasteiger partial charge in [-0.15, -0.1) is 0 Å². The molecule has 1 aromatic heterocycles. The van der Waals surface area contributed by atoms with E-state index in [1.54, 1.807) is 0 Å². The number of carbonyl (C=O) groups excluding carboxylic acids is 1. The Hall–Kier alpha value is -2.64. The lowest BCUT2D eigenvalue weighted by Crippen LogP contribution is -2.14. The van der Waals surface area contributed by atoms with Crippen LogP contribution in [0.15, 0.2) is 36.5 Å². The Bertz CT molecular complexity index is 701. The Morgan fingerprint density at radius 1 is 1.23 bits per heavy atom. The molecule has 0 spiro atoms. The third kappa shape index (κ3) is 3.72. The molecule has 8 heteroatoms. The average Bonchev–Trinajstić information content (AvgIpc) is 2.46. The minimum atomic E-state index is -4.55. The number of carbonyl (C=O) groups is 1. The summed E-state index contributed by atoms with van der Waals surface area (Å²) in [5.74, 6) is -1.68. The molecule has 0 radical (unpaired) electrons. The number of halogens is 4. The molecule has 4 nitrogen and oxygen atoms in total. The predicted octanol–water partition coefficient (Wildman–Crippen LogP) is 3.50. The molecular weight excluding hydrogens is 304 g/mol. The Morgan fingerprint density at radius 3 is 2.59 bits per heavy atom. The number of rotatable bonds is 3. The average molecular weight is 314 g/mol.